The van der Waals surface area contributed by atoms with Gasteiger partial charge in [0.15, 0.2) is 0 Å². The third-order valence-electron chi connectivity index (χ3n) is 3.14. The number of ether oxygens (including phenoxy) is 1. The minimum Gasteiger partial charge on any atom is -0.497 e. The summed E-state index contributed by atoms with van der Waals surface area (Å²) in [6, 6.07) is 17.7. The molecule has 3 nitrogen and oxygen atoms in total. The molecule has 3 aromatic rings. The molecule has 0 atom stereocenters. The van der Waals surface area contributed by atoms with Crippen molar-refractivity contribution in [1.82, 2.24) is 9.97 Å². The molecular formula is C17H13BrN2O. The molecule has 21 heavy (non-hydrogen) atoms. The first-order valence-electron chi connectivity index (χ1n) is 6.50. The second-order valence-corrected chi connectivity index (χ2v) is 5.32. The largest absolute Gasteiger partial charge is 0.497 e. The van der Waals surface area contributed by atoms with Gasteiger partial charge in [-0.15, -0.1) is 0 Å². The van der Waals surface area contributed by atoms with Gasteiger partial charge in [0.1, 0.15) is 10.4 Å². The van der Waals surface area contributed by atoms with Crippen molar-refractivity contribution in [2.24, 2.45) is 0 Å². The SMILES string of the molecule is COc1cccc(-c2ccc(-c3cccc(Br)n3)nc2)c1. The highest BCUT2D eigenvalue weighted by Gasteiger charge is 2.04. The van der Waals surface area contributed by atoms with Gasteiger partial charge in [-0.3, -0.25) is 4.98 Å². The molecule has 2 aromatic heterocycles. The molecule has 2 heterocycles. The predicted octanol–water partition coefficient (Wildman–Crippen LogP) is 4.58. The average molecular weight is 341 g/mol. The van der Waals surface area contributed by atoms with Gasteiger partial charge in [-0.05, 0) is 51.8 Å². The van der Waals surface area contributed by atoms with E-state index in [9.17, 15) is 0 Å². The van der Waals surface area contributed by atoms with Crippen LogP contribution in [0.4, 0.5) is 0 Å². The molecule has 0 bridgehead atoms. The molecule has 0 fully saturated rings. The highest BCUT2D eigenvalue weighted by Crippen LogP contribution is 2.25. The van der Waals surface area contributed by atoms with E-state index >= 15 is 0 Å². The number of pyridine rings is 2. The van der Waals surface area contributed by atoms with Crippen LogP contribution in [-0.4, -0.2) is 17.1 Å². The van der Waals surface area contributed by atoms with Crippen molar-refractivity contribution < 1.29 is 4.74 Å². The van der Waals surface area contributed by atoms with Gasteiger partial charge in [0, 0.05) is 11.8 Å². The van der Waals surface area contributed by atoms with Gasteiger partial charge in [0.05, 0.1) is 18.5 Å². The number of hydrogen-bond acceptors (Lipinski definition) is 3. The molecule has 0 aliphatic heterocycles. The van der Waals surface area contributed by atoms with Gasteiger partial charge >= 0.3 is 0 Å². The average Bonchev–Trinajstić information content (AvgIpc) is 2.55. The van der Waals surface area contributed by atoms with E-state index in [2.05, 4.69) is 25.9 Å². The van der Waals surface area contributed by atoms with Crippen LogP contribution in [0.15, 0.2) is 65.4 Å². The molecule has 0 amide bonds. The van der Waals surface area contributed by atoms with Gasteiger partial charge < -0.3 is 4.74 Å². The number of hydrogen-bond donors (Lipinski definition) is 0. The second-order valence-electron chi connectivity index (χ2n) is 4.51. The summed E-state index contributed by atoms with van der Waals surface area (Å²) in [5.41, 5.74) is 3.83. The van der Waals surface area contributed by atoms with Crippen LogP contribution in [0.2, 0.25) is 0 Å². The fourth-order valence-electron chi connectivity index (χ4n) is 2.07. The summed E-state index contributed by atoms with van der Waals surface area (Å²) in [7, 11) is 1.67. The third kappa shape index (κ3) is 3.11. The highest BCUT2D eigenvalue weighted by atomic mass is 79.9. The quantitative estimate of drug-likeness (QED) is 0.654. The van der Waals surface area contributed by atoms with Crippen LogP contribution < -0.4 is 4.74 Å². The second kappa shape index (κ2) is 6.06. The number of aromatic nitrogens is 2. The van der Waals surface area contributed by atoms with E-state index in [4.69, 9.17) is 4.74 Å². The summed E-state index contributed by atoms with van der Waals surface area (Å²) in [5, 5.41) is 0. The van der Waals surface area contributed by atoms with E-state index in [-0.39, 0.29) is 0 Å². The van der Waals surface area contributed by atoms with E-state index in [0.29, 0.717) is 0 Å². The zero-order valence-electron chi connectivity index (χ0n) is 11.5. The Morgan fingerprint density at radius 2 is 1.76 bits per heavy atom. The minimum atomic E-state index is 0.804. The smallest absolute Gasteiger partial charge is 0.119 e. The van der Waals surface area contributed by atoms with Crippen molar-refractivity contribution >= 4 is 15.9 Å². The number of rotatable bonds is 3. The van der Waals surface area contributed by atoms with Gasteiger partial charge in [-0.25, -0.2) is 4.98 Å². The number of benzene rings is 1. The zero-order valence-corrected chi connectivity index (χ0v) is 13.0. The fourth-order valence-corrected chi connectivity index (χ4v) is 2.41. The Morgan fingerprint density at radius 3 is 2.48 bits per heavy atom. The van der Waals surface area contributed by atoms with Gasteiger partial charge in [0.2, 0.25) is 0 Å². The lowest BCUT2D eigenvalue weighted by molar-refractivity contribution is 0.415. The summed E-state index contributed by atoms with van der Waals surface area (Å²) in [6.45, 7) is 0. The normalized spacial score (nSPS) is 10.4. The number of nitrogens with zero attached hydrogens (tertiary/aromatic N) is 2. The van der Waals surface area contributed by atoms with Crippen molar-refractivity contribution in [3.63, 3.8) is 0 Å². The molecule has 4 heteroatoms. The van der Waals surface area contributed by atoms with Crippen LogP contribution in [0.1, 0.15) is 0 Å². The summed E-state index contributed by atoms with van der Waals surface area (Å²) < 4.78 is 6.05. The zero-order chi connectivity index (χ0) is 14.7. The summed E-state index contributed by atoms with van der Waals surface area (Å²) >= 11 is 3.37. The van der Waals surface area contributed by atoms with Crippen molar-refractivity contribution in [3.8, 4) is 28.3 Å². The van der Waals surface area contributed by atoms with Crippen LogP contribution in [0.5, 0.6) is 5.75 Å². The molecule has 0 saturated carbocycles. The van der Waals surface area contributed by atoms with Crippen LogP contribution in [0.25, 0.3) is 22.5 Å². The van der Waals surface area contributed by atoms with Crippen LogP contribution in [-0.2, 0) is 0 Å². The molecule has 0 radical (unpaired) electrons. The molecule has 0 N–H and O–H groups in total. The lowest BCUT2D eigenvalue weighted by Crippen LogP contribution is -1.89. The summed E-state index contributed by atoms with van der Waals surface area (Å²) in [6.07, 6.45) is 1.85. The van der Waals surface area contributed by atoms with Gasteiger partial charge in [-0.2, -0.15) is 0 Å². The molecule has 0 saturated heterocycles. The topological polar surface area (TPSA) is 35.0 Å². The molecule has 104 valence electrons. The highest BCUT2D eigenvalue weighted by molar-refractivity contribution is 9.10. The van der Waals surface area contributed by atoms with Crippen molar-refractivity contribution in [2.75, 3.05) is 7.11 Å². The van der Waals surface area contributed by atoms with E-state index in [1.807, 2.05) is 60.8 Å². The summed E-state index contributed by atoms with van der Waals surface area (Å²) in [5.74, 6) is 0.838. The van der Waals surface area contributed by atoms with Crippen molar-refractivity contribution in [1.29, 1.82) is 0 Å². The predicted molar refractivity (Wildman–Crippen MR) is 87.2 cm³/mol. The fraction of sp³-hybridized carbons (Fsp3) is 0.0588. The first-order chi connectivity index (χ1) is 10.3. The molecule has 0 spiro atoms. The Labute approximate surface area is 131 Å². The lowest BCUT2D eigenvalue weighted by Gasteiger charge is -2.06. The lowest BCUT2D eigenvalue weighted by atomic mass is 10.1. The van der Waals surface area contributed by atoms with Crippen molar-refractivity contribution in [2.45, 2.75) is 0 Å². The monoisotopic (exact) mass is 340 g/mol. The van der Waals surface area contributed by atoms with E-state index in [1.54, 1.807) is 7.11 Å². The molecule has 1 aromatic carbocycles. The molecular weight excluding hydrogens is 328 g/mol. The van der Waals surface area contributed by atoms with Gasteiger partial charge in [0.25, 0.3) is 0 Å². The Morgan fingerprint density at radius 1 is 0.905 bits per heavy atom. The number of methoxy groups -OCH3 is 1. The van der Waals surface area contributed by atoms with E-state index in [0.717, 1.165) is 32.9 Å². The Bertz CT molecular complexity index is 757. The molecule has 0 aliphatic rings. The van der Waals surface area contributed by atoms with E-state index in [1.165, 1.54) is 0 Å². The Hall–Kier alpha value is -2.20. The maximum absolute atomic E-state index is 5.25. The van der Waals surface area contributed by atoms with E-state index < -0.39 is 0 Å². The van der Waals surface area contributed by atoms with Crippen LogP contribution >= 0.6 is 15.9 Å². The first-order valence-corrected chi connectivity index (χ1v) is 7.29. The maximum Gasteiger partial charge on any atom is 0.119 e. The third-order valence-corrected chi connectivity index (χ3v) is 3.59. The maximum atomic E-state index is 5.25. The van der Waals surface area contributed by atoms with Crippen molar-refractivity contribution in [3.05, 3.63) is 65.4 Å². The molecule has 0 aliphatic carbocycles. The standard InChI is InChI=1S/C17H13BrN2O/c1-21-14-5-2-4-12(10-14)13-8-9-15(19-11-13)16-6-3-7-17(18)20-16/h2-11H,1H3. The minimum absolute atomic E-state index is 0.804. The number of halogens is 1. The van der Waals surface area contributed by atoms with Crippen LogP contribution in [0.3, 0.4) is 0 Å². The Kier molecular flexibility index (Phi) is 3.97. The Balaban J connectivity index is 1.93. The first kappa shape index (κ1) is 13.8. The molecule has 0 unspecified atom stereocenters. The van der Waals surface area contributed by atoms with Crippen LogP contribution in [0, 0.1) is 0 Å². The summed E-state index contributed by atoms with van der Waals surface area (Å²) in [4.78, 5) is 8.91. The molecule has 3 rings (SSSR count). The van der Waals surface area contributed by atoms with Gasteiger partial charge in [-0.1, -0.05) is 24.3 Å².